The number of amides is 1. The Balaban J connectivity index is 1.58. The molecular formula is C21H22N4O2. The zero-order valence-corrected chi connectivity index (χ0v) is 15.4. The Labute approximate surface area is 158 Å². The molecule has 138 valence electrons. The minimum atomic E-state index is -0.291. The minimum absolute atomic E-state index is 0.0885. The van der Waals surface area contributed by atoms with Crippen LogP contribution >= 0.6 is 0 Å². The number of anilines is 3. The first-order valence-electron chi connectivity index (χ1n) is 8.82. The first-order valence-corrected chi connectivity index (χ1v) is 8.82. The van der Waals surface area contributed by atoms with Crippen LogP contribution in [0.15, 0.2) is 60.7 Å². The molecule has 1 amide bonds. The van der Waals surface area contributed by atoms with Gasteiger partial charge >= 0.3 is 0 Å². The first-order chi connectivity index (χ1) is 13.2. The fourth-order valence-corrected chi connectivity index (χ4v) is 2.64. The number of nitrogens with one attached hydrogen (secondary N) is 2. The third-order valence-corrected chi connectivity index (χ3v) is 4.04. The topological polar surface area (TPSA) is 76.1 Å². The van der Waals surface area contributed by atoms with Gasteiger partial charge < -0.3 is 15.4 Å². The fourth-order valence-electron chi connectivity index (χ4n) is 2.64. The van der Waals surface area contributed by atoms with Gasteiger partial charge in [-0.1, -0.05) is 43.3 Å². The van der Waals surface area contributed by atoms with E-state index in [1.807, 2.05) is 24.3 Å². The maximum absolute atomic E-state index is 12.0. The van der Waals surface area contributed by atoms with Gasteiger partial charge in [-0.25, -0.2) is 0 Å². The van der Waals surface area contributed by atoms with Crippen molar-refractivity contribution < 1.29 is 9.53 Å². The third kappa shape index (κ3) is 5.04. The largest absolute Gasteiger partial charge is 0.484 e. The highest BCUT2D eigenvalue weighted by molar-refractivity contribution is 5.90. The van der Waals surface area contributed by atoms with Crippen LogP contribution in [0.5, 0.6) is 5.75 Å². The van der Waals surface area contributed by atoms with E-state index >= 15 is 0 Å². The maximum Gasteiger partial charge on any atom is 0.263 e. The molecule has 0 saturated carbocycles. The van der Waals surface area contributed by atoms with Crippen LogP contribution in [0, 0.1) is 6.92 Å². The Morgan fingerprint density at radius 3 is 2.41 bits per heavy atom. The highest BCUT2D eigenvalue weighted by atomic mass is 16.5. The summed E-state index contributed by atoms with van der Waals surface area (Å²) >= 11 is 0. The van der Waals surface area contributed by atoms with E-state index in [4.69, 9.17) is 4.74 Å². The Bertz CT molecular complexity index is 896. The summed E-state index contributed by atoms with van der Waals surface area (Å²) in [4.78, 5) is 12.0. The van der Waals surface area contributed by atoms with Gasteiger partial charge in [0.05, 0.1) is 0 Å². The van der Waals surface area contributed by atoms with Gasteiger partial charge in [-0.15, -0.1) is 10.2 Å². The first kappa shape index (κ1) is 18.4. The predicted octanol–water partition coefficient (Wildman–Crippen LogP) is 4.11. The summed E-state index contributed by atoms with van der Waals surface area (Å²) in [6.07, 6.45) is 0.924. The molecule has 0 fully saturated rings. The number of benzene rings is 2. The third-order valence-electron chi connectivity index (χ3n) is 4.04. The average Bonchev–Trinajstić information content (AvgIpc) is 2.70. The van der Waals surface area contributed by atoms with E-state index in [9.17, 15) is 4.79 Å². The van der Waals surface area contributed by atoms with Gasteiger partial charge in [0.25, 0.3) is 5.91 Å². The van der Waals surface area contributed by atoms with Crippen molar-refractivity contribution in [3.05, 3.63) is 71.8 Å². The van der Waals surface area contributed by atoms with Crippen molar-refractivity contribution in [2.75, 3.05) is 17.2 Å². The second-order valence-electron chi connectivity index (χ2n) is 6.04. The number of para-hydroxylation sites is 2. The van der Waals surface area contributed by atoms with Crippen LogP contribution in [0.1, 0.15) is 18.1 Å². The maximum atomic E-state index is 12.0. The van der Waals surface area contributed by atoms with E-state index in [1.165, 1.54) is 5.56 Å². The van der Waals surface area contributed by atoms with Gasteiger partial charge in [-0.05, 0) is 48.7 Å². The highest BCUT2D eigenvalue weighted by Gasteiger charge is 2.08. The molecule has 6 nitrogen and oxygen atoms in total. The Hall–Kier alpha value is -3.41. The highest BCUT2D eigenvalue weighted by Crippen LogP contribution is 2.24. The molecule has 0 bridgehead atoms. The molecule has 27 heavy (non-hydrogen) atoms. The van der Waals surface area contributed by atoms with Crippen molar-refractivity contribution in [2.24, 2.45) is 0 Å². The zero-order chi connectivity index (χ0) is 19.1. The lowest BCUT2D eigenvalue weighted by Crippen LogP contribution is -2.21. The van der Waals surface area contributed by atoms with Crippen molar-refractivity contribution in [2.45, 2.75) is 20.3 Å². The molecule has 0 aliphatic heterocycles. The van der Waals surface area contributed by atoms with Gasteiger partial charge in [0.2, 0.25) is 0 Å². The molecule has 2 N–H and O–H groups in total. The SMILES string of the molecule is CCc1cccc(C)c1Nc1ccc(NC(=O)COc2ccccc2)nn1. The second-order valence-corrected chi connectivity index (χ2v) is 6.04. The molecule has 6 heteroatoms. The van der Waals surface area contributed by atoms with E-state index in [0.29, 0.717) is 17.4 Å². The summed E-state index contributed by atoms with van der Waals surface area (Å²) in [6, 6.07) is 18.9. The van der Waals surface area contributed by atoms with Crippen LogP contribution in [-0.4, -0.2) is 22.7 Å². The Morgan fingerprint density at radius 2 is 1.70 bits per heavy atom. The summed E-state index contributed by atoms with van der Waals surface area (Å²) in [5, 5.41) is 14.2. The van der Waals surface area contributed by atoms with Crippen LogP contribution in [0.4, 0.5) is 17.3 Å². The molecule has 0 aliphatic carbocycles. The van der Waals surface area contributed by atoms with Crippen molar-refractivity contribution in [3.8, 4) is 5.75 Å². The van der Waals surface area contributed by atoms with Gasteiger partial charge in [-0.3, -0.25) is 4.79 Å². The van der Waals surface area contributed by atoms with Gasteiger partial charge in [-0.2, -0.15) is 0 Å². The normalized spacial score (nSPS) is 10.3. The Kier molecular flexibility index (Phi) is 5.99. The van der Waals surface area contributed by atoms with E-state index in [2.05, 4.69) is 46.8 Å². The number of carbonyl (C=O) groups excluding carboxylic acids is 1. The molecule has 3 rings (SSSR count). The van der Waals surface area contributed by atoms with Gasteiger partial charge in [0.15, 0.2) is 18.2 Å². The van der Waals surface area contributed by atoms with Crippen molar-refractivity contribution in [1.29, 1.82) is 0 Å². The van der Waals surface area contributed by atoms with E-state index in [0.717, 1.165) is 17.7 Å². The molecule has 0 unspecified atom stereocenters. The van der Waals surface area contributed by atoms with Crippen LogP contribution in [0.3, 0.4) is 0 Å². The number of hydrogen-bond acceptors (Lipinski definition) is 5. The van der Waals surface area contributed by atoms with Crippen molar-refractivity contribution in [3.63, 3.8) is 0 Å². The summed E-state index contributed by atoms with van der Waals surface area (Å²) < 4.78 is 5.41. The van der Waals surface area contributed by atoms with Gasteiger partial charge in [0.1, 0.15) is 5.75 Å². The zero-order valence-electron chi connectivity index (χ0n) is 15.4. The van der Waals surface area contributed by atoms with E-state index < -0.39 is 0 Å². The number of aromatic nitrogens is 2. The number of nitrogens with zero attached hydrogens (tertiary/aromatic N) is 2. The summed E-state index contributed by atoms with van der Waals surface area (Å²) in [5.74, 6) is 1.35. The number of carbonyl (C=O) groups is 1. The molecule has 1 aromatic heterocycles. The number of aryl methyl sites for hydroxylation is 2. The fraction of sp³-hybridized carbons (Fsp3) is 0.190. The lowest BCUT2D eigenvalue weighted by molar-refractivity contribution is -0.118. The van der Waals surface area contributed by atoms with Crippen molar-refractivity contribution >= 4 is 23.2 Å². The summed E-state index contributed by atoms with van der Waals surface area (Å²) in [6.45, 7) is 4.08. The van der Waals surface area contributed by atoms with Gasteiger partial charge in [0, 0.05) is 5.69 Å². The Morgan fingerprint density at radius 1 is 0.963 bits per heavy atom. The number of rotatable bonds is 7. The van der Waals surface area contributed by atoms with Crippen molar-refractivity contribution in [1.82, 2.24) is 10.2 Å². The molecule has 0 radical (unpaired) electrons. The monoisotopic (exact) mass is 362 g/mol. The standard InChI is InChI=1S/C21H22N4O2/c1-3-16-9-7-8-15(2)21(16)23-19-13-12-18(24-25-19)22-20(26)14-27-17-10-5-4-6-11-17/h4-13H,3,14H2,1-2H3,(H,23,25)(H,22,24,26). The lowest BCUT2D eigenvalue weighted by atomic mass is 10.1. The van der Waals surface area contributed by atoms with E-state index in [1.54, 1.807) is 24.3 Å². The molecular weight excluding hydrogens is 340 g/mol. The molecule has 0 spiro atoms. The smallest absolute Gasteiger partial charge is 0.263 e. The van der Waals surface area contributed by atoms with Crippen LogP contribution in [0.25, 0.3) is 0 Å². The van der Waals surface area contributed by atoms with Crippen LogP contribution in [0.2, 0.25) is 0 Å². The molecule has 1 heterocycles. The number of ether oxygens (including phenoxy) is 1. The molecule has 3 aromatic rings. The summed E-state index contributed by atoms with van der Waals surface area (Å²) in [7, 11) is 0. The second kappa shape index (κ2) is 8.80. The molecule has 2 aromatic carbocycles. The van der Waals surface area contributed by atoms with Crippen LogP contribution in [-0.2, 0) is 11.2 Å². The number of hydrogen-bond donors (Lipinski definition) is 2. The average molecular weight is 362 g/mol. The van der Waals surface area contributed by atoms with E-state index in [-0.39, 0.29) is 12.5 Å². The molecule has 0 aliphatic rings. The molecule has 0 saturated heterocycles. The van der Waals surface area contributed by atoms with Crippen LogP contribution < -0.4 is 15.4 Å². The molecule has 0 atom stereocenters. The summed E-state index contributed by atoms with van der Waals surface area (Å²) in [5.41, 5.74) is 3.40. The predicted molar refractivity (Wildman–Crippen MR) is 106 cm³/mol. The minimum Gasteiger partial charge on any atom is -0.484 e. The quantitative estimate of drug-likeness (QED) is 0.661. The lowest BCUT2D eigenvalue weighted by Gasteiger charge is -2.13.